The number of hydrogen-bond acceptors (Lipinski definition) is 3. The molecule has 3 heteroatoms. The monoisotopic (exact) mass is 249 g/mol. The fraction of sp³-hybridized carbons (Fsp3) is 0.429. The first kappa shape index (κ1) is 12.5. The molecule has 1 unspecified atom stereocenters. The zero-order valence-electron chi connectivity index (χ0n) is 10.6. The van der Waals surface area contributed by atoms with E-state index in [1.165, 1.54) is 5.39 Å². The van der Waals surface area contributed by atoms with Crippen molar-refractivity contribution in [3.8, 4) is 0 Å². The van der Waals surface area contributed by atoms with Gasteiger partial charge in [-0.1, -0.05) is 32.0 Å². The van der Waals surface area contributed by atoms with Crippen molar-refractivity contribution in [2.75, 3.05) is 12.8 Å². The quantitative estimate of drug-likeness (QED) is 0.871. The summed E-state index contributed by atoms with van der Waals surface area (Å²) in [5, 5.41) is 5.15. The SMILES string of the molecule is CNC(CSC(C)C)c1cc2ccccc2o1. The molecule has 2 nitrogen and oxygen atoms in total. The molecule has 92 valence electrons. The molecule has 0 fully saturated rings. The highest BCUT2D eigenvalue weighted by atomic mass is 32.2. The van der Waals surface area contributed by atoms with Crippen LogP contribution in [-0.4, -0.2) is 18.1 Å². The number of para-hydroxylation sites is 1. The topological polar surface area (TPSA) is 25.2 Å². The van der Waals surface area contributed by atoms with Gasteiger partial charge < -0.3 is 9.73 Å². The van der Waals surface area contributed by atoms with E-state index in [1.807, 2.05) is 37.0 Å². The summed E-state index contributed by atoms with van der Waals surface area (Å²) in [6.07, 6.45) is 0. The van der Waals surface area contributed by atoms with Gasteiger partial charge in [-0.05, 0) is 24.4 Å². The van der Waals surface area contributed by atoms with Gasteiger partial charge in [-0.15, -0.1) is 0 Å². The highest BCUT2D eigenvalue weighted by Gasteiger charge is 2.14. The summed E-state index contributed by atoms with van der Waals surface area (Å²) >= 11 is 1.95. The Morgan fingerprint density at radius 2 is 2.06 bits per heavy atom. The number of fused-ring (bicyclic) bond motifs is 1. The van der Waals surface area contributed by atoms with E-state index in [1.54, 1.807) is 0 Å². The van der Waals surface area contributed by atoms with E-state index in [-0.39, 0.29) is 6.04 Å². The Morgan fingerprint density at radius 3 is 2.71 bits per heavy atom. The van der Waals surface area contributed by atoms with Crippen molar-refractivity contribution in [1.29, 1.82) is 0 Å². The highest BCUT2D eigenvalue weighted by Crippen LogP contribution is 2.26. The van der Waals surface area contributed by atoms with Gasteiger partial charge in [-0.2, -0.15) is 11.8 Å². The van der Waals surface area contributed by atoms with Gasteiger partial charge in [0.1, 0.15) is 11.3 Å². The van der Waals surface area contributed by atoms with Crippen LogP contribution in [0.4, 0.5) is 0 Å². The molecule has 1 aromatic heterocycles. The maximum Gasteiger partial charge on any atom is 0.134 e. The Kier molecular flexibility index (Phi) is 4.13. The first-order valence-electron chi connectivity index (χ1n) is 5.98. The average molecular weight is 249 g/mol. The van der Waals surface area contributed by atoms with Crippen molar-refractivity contribution in [3.05, 3.63) is 36.1 Å². The summed E-state index contributed by atoms with van der Waals surface area (Å²) < 4.78 is 5.88. The van der Waals surface area contributed by atoms with Crippen LogP contribution < -0.4 is 5.32 Å². The minimum Gasteiger partial charge on any atom is -0.459 e. The zero-order valence-corrected chi connectivity index (χ0v) is 11.4. The molecule has 2 aromatic rings. The Hall–Kier alpha value is -0.930. The van der Waals surface area contributed by atoms with Crippen molar-refractivity contribution in [2.45, 2.75) is 25.1 Å². The van der Waals surface area contributed by atoms with Gasteiger partial charge in [-0.25, -0.2) is 0 Å². The molecule has 0 aliphatic heterocycles. The predicted molar refractivity (Wildman–Crippen MR) is 75.6 cm³/mol. The number of rotatable bonds is 5. The minimum absolute atomic E-state index is 0.287. The standard InChI is InChI=1S/C14H19NOS/c1-10(2)17-9-12(15-3)14-8-11-6-4-5-7-13(11)16-14/h4-8,10,12,15H,9H2,1-3H3. The molecule has 0 bridgehead atoms. The maximum absolute atomic E-state index is 5.88. The van der Waals surface area contributed by atoms with E-state index in [4.69, 9.17) is 4.42 Å². The first-order chi connectivity index (χ1) is 8.20. The molecule has 0 radical (unpaired) electrons. The van der Waals surface area contributed by atoms with Gasteiger partial charge in [0.05, 0.1) is 6.04 Å². The third kappa shape index (κ3) is 3.05. The Bertz CT molecular complexity index is 445. The van der Waals surface area contributed by atoms with Gasteiger partial charge in [0.15, 0.2) is 0 Å². The van der Waals surface area contributed by atoms with Crippen LogP contribution in [0.3, 0.4) is 0 Å². The summed E-state index contributed by atoms with van der Waals surface area (Å²) in [5.74, 6) is 2.07. The Balaban J connectivity index is 2.18. The van der Waals surface area contributed by atoms with Crippen molar-refractivity contribution in [1.82, 2.24) is 5.32 Å². The average Bonchev–Trinajstić information content (AvgIpc) is 2.72. The second kappa shape index (κ2) is 5.61. The fourth-order valence-electron chi connectivity index (χ4n) is 1.77. The van der Waals surface area contributed by atoms with E-state index in [0.29, 0.717) is 5.25 Å². The molecule has 1 N–H and O–H groups in total. The Morgan fingerprint density at radius 1 is 1.29 bits per heavy atom. The van der Waals surface area contributed by atoms with Crippen molar-refractivity contribution < 1.29 is 4.42 Å². The van der Waals surface area contributed by atoms with Crippen LogP contribution in [0.5, 0.6) is 0 Å². The maximum atomic E-state index is 5.88. The van der Waals surface area contributed by atoms with E-state index < -0.39 is 0 Å². The molecule has 1 aromatic carbocycles. The molecule has 17 heavy (non-hydrogen) atoms. The largest absolute Gasteiger partial charge is 0.459 e. The fourth-order valence-corrected chi connectivity index (χ4v) is 2.68. The summed E-state index contributed by atoms with van der Waals surface area (Å²) in [4.78, 5) is 0. The molecule has 0 aliphatic rings. The van der Waals surface area contributed by atoms with E-state index in [9.17, 15) is 0 Å². The van der Waals surface area contributed by atoms with Gasteiger partial charge in [0.2, 0.25) is 0 Å². The summed E-state index contributed by atoms with van der Waals surface area (Å²) in [7, 11) is 1.98. The molecular formula is C14H19NOS. The van der Waals surface area contributed by atoms with E-state index in [0.717, 1.165) is 17.1 Å². The van der Waals surface area contributed by atoms with Crippen molar-refractivity contribution >= 4 is 22.7 Å². The molecule has 2 rings (SSSR count). The molecule has 0 saturated carbocycles. The third-order valence-corrected chi connectivity index (χ3v) is 3.93. The molecule has 0 saturated heterocycles. The normalized spacial score (nSPS) is 13.4. The van der Waals surface area contributed by atoms with Crippen LogP contribution >= 0.6 is 11.8 Å². The number of hydrogen-bond donors (Lipinski definition) is 1. The second-order valence-corrected chi connectivity index (χ2v) is 6.02. The van der Waals surface area contributed by atoms with Gasteiger partial charge in [0, 0.05) is 11.1 Å². The summed E-state index contributed by atoms with van der Waals surface area (Å²) in [6, 6.07) is 10.6. The summed E-state index contributed by atoms with van der Waals surface area (Å²) in [6.45, 7) is 4.44. The van der Waals surface area contributed by atoms with Crippen molar-refractivity contribution in [2.24, 2.45) is 0 Å². The molecule has 1 atom stereocenters. The van der Waals surface area contributed by atoms with Crippen LogP contribution in [-0.2, 0) is 0 Å². The number of thioether (sulfide) groups is 1. The number of nitrogens with one attached hydrogen (secondary N) is 1. The molecule has 0 spiro atoms. The number of furan rings is 1. The second-order valence-electron chi connectivity index (χ2n) is 4.41. The number of benzene rings is 1. The van der Waals surface area contributed by atoms with Crippen molar-refractivity contribution in [3.63, 3.8) is 0 Å². The Labute approximate surface area is 107 Å². The highest BCUT2D eigenvalue weighted by molar-refractivity contribution is 7.99. The first-order valence-corrected chi connectivity index (χ1v) is 7.03. The van der Waals surface area contributed by atoms with E-state index in [2.05, 4.69) is 31.3 Å². The molecular weight excluding hydrogens is 230 g/mol. The lowest BCUT2D eigenvalue weighted by Gasteiger charge is -2.14. The molecule has 1 heterocycles. The lowest BCUT2D eigenvalue weighted by Crippen LogP contribution is -2.18. The predicted octanol–water partition coefficient (Wildman–Crippen LogP) is 3.83. The van der Waals surface area contributed by atoms with Crippen LogP contribution in [0.2, 0.25) is 0 Å². The minimum atomic E-state index is 0.287. The lowest BCUT2D eigenvalue weighted by atomic mass is 10.2. The molecule has 0 amide bonds. The van der Waals surface area contributed by atoms with Gasteiger partial charge in [-0.3, -0.25) is 0 Å². The lowest BCUT2D eigenvalue weighted by molar-refractivity contribution is 0.479. The third-order valence-electron chi connectivity index (χ3n) is 2.73. The van der Waals surface area contributed by atoms with Crippen LogP contribution in [0.1, 0.15) is 25.6 Å². The smallest absolute Gasteiger partial charge is 0.134 e. The van der Waals surface area contributed by atoms with Gasteiger partial charge >= 0.3 is 0 Å². The van der Waals surface area contributed by atoms with Crippen LogP contribution in [0.25, 0.3) is 11.0 Å². The zero-order chi connectivity index (χ0) is 12.3. The van der Waals surface area contributed by atoms with Gasteiger partial charge in [0.25, 0.3) is 0 Å². The van der Waals surface area contributed by atoms with Crippen LogP contribution in [0.15, 0.2) is 34.7 Å². The molecule has 0 aliphatic carbocycles. The summed E-state index contributed by atoms with van der Waals surface area (Å²) in [5.41, 5.74) is 0.970. The van der Waals surface area contributed by atoms with E-state index >= 15 is 0 Å². The van der Waals surface area contributed by atoms with Crippen LogP contribution in [0, 0.1) is 0 Å².